The van der Waals surface area contributed by atoms with Gasteiger partial charge in [-0.15, -0.1) is 11.3 Å². The number of hydrogen-bond acceptors (Lipinski definition) is 6. The van der Waals surface area contributed by atoms with Crippen molar-refractivity contribution < 1.29 is 13.9 Å². The molecule has 2 rings (SSSR count). The lowest BCUT2D eigenvalue weighted by Gasteiger charge is -2.21. The van der Waals surface area contributed by atoms with Gasteiger partial charge in [0, 0.05) is 45.2 Å². The van der Waals surface area contributed by atoms with Crippen molar-refractivity contribution in [3.8, 4) is 0 Å². The monoisotopic (exact) mass is 407 g/mol. The molecule has 154 valence electrons. The largest absolute Gasteiger partial charge is 0.459 e. The van der Waals surface area contributed by atoms with Crippen molar-refractivity contribution in [2.45, 2.75) is 32.9 Å². The van der Waals surface area contributed by atoms with Gasteiger partial charge in [-0.05, 0) is 26.3 Å². The molecule has 0 aromatic carbocycles. The summed E-state index contributed by atoms with van der Waals surface area (Å²) in [6.45, 7) is 5.73. The molecule has 2 heterocycles. The van der Waals surface area contributed by atoms with Crippen molar-refractivity contribution in [2.75, 3.05) is 34.3 Å². The molecule has 0 saturated heterocycles. The van der Waals surface area contributed by atoms with Crippen molar-refractivity contribution in [3.05, 3.63) is 39.7 Å². The molecule has 1 unspecified atom stereocenters. The molecule has 8 nitrogen and oxygen atoms in total. The van der Waals surface area contributed by atoms with Crippen LogP contribution in [0.3, 0.4) is 0 Å². The maximum Gasteiger partial charge on any atom is 0.287 e. The number of thiazole rings is 1. The van der Waals surface area contributed by atoms with Crippen LogP contribution in [-0.2, 0) is 11.3 Å². The van der Waals surface area contributed by atoms with Gasteiger partial charge in [0.1, 0.15) is 11.1 Å². The van der Waals surface area contributed by atoms with Gasteiger partial charge in [0.25, 0.3) is 5.91 Å². The Hall–Kier alpha value is -2.39. The van der Waals surface area contributed by atoms with Crippen molar-refractivity contribution in [1.29, 1.82) is 0 Å². The summed E-state index contributed by atoms with van der Waals surface area (Å²) in [7, 11) is 5.40. The normalized spacial score (nSPS) is 12.7. The van der Waals surface area contributed by atoms with Crippen LogP contribution in [0.15, 0.2) is 27.1 Å². The molecule has 0 aliphatic heterocycles. The van der Waals surface area contributed by atoms with E-state index in [1.165, 1.54) is 6.26 Å². The highest BCUT2D eigenvalue weighted by Crippen LogP contribution is 2.20. The third-order valence-corrected chi connectivity index (χ3v) is 5.29. The second-order valence-electron chi connectivity index (χ2n) is 6.43. The Labute approximate surface area is 170 Å². The standard InChI is InChI=1S/C19H29N5O3S/c1-13-7-10-27-16(13)17(25)21-8-6-9-22-19(20-3)24(4)11-15-12-28-18(23-15)14(2)26-5/h7,10,12,14H,6,8-9,11H2,1-5H3,(H,20,22)(H,21,25). The number of carbonyl (C=O) groups is 1. The highest BCUT2D eigenvalue weighted by Gasteiger charge is 2.13. The molecular weight excluding hydrogens is 378 g/mol. The summed E-state index contributed by atoms with van der Waals surface area (Å²) < 4.78 is 10.5. The number of nitrogens with zero attached hydrogens (tertiary/aromatic N) is 3. The average molecular weight is 408 g/mol. The van der Waals surface area contributed by atoms with Crippen LogP contribution in [0, 0.1) is 6.92 Å². The molecular formula is C19H29N5O3S. The van der Waals surface area contributed by atoms with Crippen LogP contribution in [0.1, 0.15) is 46.3 Å². The lowest BCUT2D eigenvalue weighted by atomic mass is 10.2. The van der Waals surface area contributed by atoms with Crippen LogP contribution in [0.25, 0.3) is 0 Å². The van der Waals surface area contributed by atoms with Gasteiger partial charge in [-0.1, -0.05) is 0 Å². The topological polar surface area (TPSA) is 92.0 Å². The van der Waals surface area contributed by atoms with Gasteiger partial charge >= 0.3 is 0 Å². The average Bonchev–Trinajstić information content (AvgIpc) is 3.32. The SMILES string of the molecule is CN=C(NCCCNC(=O)c1occc1C)N(C)Cc1csc(C(C)OC)n1. The quantitative estimate of drug-likeness (QED) is 0.377. The molecule has 0 radical (unpaired) electrons. The predicted octanol–water partition coefficient (Wildman–Crippen LogP) is 2.58. The number of guanidine groups is 1. The van der Waals surface area contributed by atoms with Gasteiger partial charge in [0.05, 0.1) is 18.5 Å². The number of ether oxygens (including phenoxy) is 1. The van der Waals surface area contributed by atoms with Gasteiger partial charge in [0.2, 0.25) is 0 Å². The van der Waals surface area contributed by atoms with E-state index in [1.807, 2.05) is 31.2 Å². The van der Waals surface area contributed by atoms with Gasteiger partial charge in [-0.25, -0.2) is 4.98 Å². The fourth-order valence-corrected chi connectivity index (χ4v) is 3.40. The summed E-state index contributed by atoms with van der Waals surface area (Å²) in [4.78, 5) is 22.9. The number of aromatic nitrogens is 1. The smallest absolute Gasteiger partial charge is 0.287 e. The van der Waals surface area contributed by atoms with E-state index in [9.17, 15) is 4.79 Å². The van der Waals surface area contributed by atoms with E-state index < -0.39 is 0 Å². The van der Waals surface area contributed by atoms with E-state index in [1.54, 1.807) is 31.6 Å². The fourth-order valence-electron chi connectivity index (χ4n) is 2.56. The van der Waals surface area contributed by atoms with Crippen molar-refractivity contribution in [1.82, 2.24) is 20.5 Å². The van der Waals surface area contributed by atoms with Crippen molar-refractivity contribution in [3.63, 3.8) is 0 Å². The number of hydrogen-bond donors (Lipinski definition) is 2. The first-order chi connectivity index (χ1) is 13.5. The molecule has 0 bridgehead atoms. The highest BCUT2D eigenvalue weighted by atomic mass is 32.1. The molecule has 2 aromatic rings. The van der Waals surface area contributed by atoms with Gasteiger partial charge in [-0.3, -0.25) is 9.79 Å². The minimum atomic E-state index is -0.186. The number of aliphatic imine (C=N–C) groups is 1. The summed E-state index contributed by atoms with van der Waals surface area (Å²) >= 11 is 1.60. The Kier molecular flexibility index (Phi) is 8.46. The predicted molar refractivity (Wildman–Crippen MR) is 111 cm³/mol. The van der Waals surface area contributed by atoms with Crippen LogP contribution in [0.4, 0.5) is 0 Å². The molecule has 1 atom stereocenters. The third-order valence-electron chi connectivity index (χ3n) is 4.23. The lowest BCUT2D eigenvalue weighted by Crippen LogP contribution is -2.39. The number of amides is 1. The molecule has 0 saturated carbocycles. The molecule has 0 spiro atoms. The van der Waals surface area contributed by atoms with E-state index in [-0.39, 0.29) is 12.0 Å². The summed E-state index contributed by atoms with van der Waals surface area (Å²) in [5.74, 6) is 0.963. The van der Waals surface area contributed by atoms with Crippen LogP contribution < -0.4 is 10.6 Å². The molecule has 9 heteroatoms. The molecule has 2 aromatic heterocycles. The maximum atomic E-state index is 12.0. The van der Waals surface area contributed by atoms with Crippen LogP contribution >= 0.6 is 11.3 Å². The van der Waals surface area contributed by atoms with E-state index in [0.29, 0.717) is 25.4 Å². The Morgan fingerprint density at radius 2 is 2.18 bits per heavy atom. The Bertz CT molecular complexity index is 786. The van der Waals surface area contributed by atoms with E-state index >= 15 is 0 Å². The minimum absolute atomic E-state index is 0.00155. The number of nitrogens with one attached hydrogen (secondary N) is 2. The lowest BCUT2D eigenvalue weighted by molar-refractivity contribution is 0.0925. The summed E-state index contributed by atoms with van der Waals surface area (Å²) in [6, 6.07) is 1.78. The van der Waals surface area contributed by atoms with Crippen molar-refractivity contribution >= 4 is 23.2 Å². The molecule has 1 amide bonds. The zero-order chi connectivity index (χ0) is 20.5. The van der Waals surface area contributed by atoms with Gasteiger partial charge in [-0.2, -0.15) is 0 Å². The molecule has 28 heavy (non-hydrogen) atoms. The summed E-state index contributed by atoms with van der Waals surface area (Å²) in [5, 5.41) is 9.17. The van der Waals surface area contributed by atoms with Gasteiger partial charge < -0.3 is 24.7 Å². The number of methoxy groups -OCH3 is 1. The first kappa shape index (κ1) is 21.9. The zero-order valence-electron chi connectivity index (χ0n) is 17.1. The Morgan fingerprint density at radius 3 is 2.82 bits per heavy atom. The summed E-state index contributed by atoms with van der Waals surface area (Å²) in [5.41, 5.74) is 1.82. The van der Waals surface area contributed by atoms with E-state index in [4.69, 9.17) is 9.15 Å². The number of carbonyl (C=O) groups excluding carboxylic acids is 1. The maximum absolute atomic E-state index is 12.0. The van der Waals surface area contributed by atoms with Crippen molar-refractivity contribution in [2.24, 2.45) is 4.99 Å². The Morgan fingerprint density at radius 1 is 1.43 bits per heavy atom. The summed E-state index contributed by atoms with van der Waals surface area (Å²) in [6.07, 6.45) is 2.29. The fraction of sp³-hybridized carbons (Fsp3) is 0.526. The molecule has 0 fully saturated rings. The molecule has 0 aliphatic carbocycles. The number of furan rings is 1. The molecule has 2 N–H and O–H groups in total. The van der Waals surface area contributed by atoms with E-state index in [0.717, 1.165) is 28.6 Å². The second kappa shape index (κ2) is 10.8. The first-order valence-electron chi connectivity index (χ1n) is 9.17. The van der Waals surface area contributed by atoms with Crippen LogP contribution in [0.2, 0.25) is 0 Å². The van der Waals surface area contributed by atoms with Crippen LogP contribution in [0.5, 0.6) is 0 Å². The van der Waals surface area contributed by atoms with Gasteiger partial charge in [0.15, 0.2) is 11.7 Å². The number of aryl methyl sites for hydroxylation is 1. The molecule has 0 aliphatic rings. The second-order valence-corrected chi connectivity index (χ2v) is 7.32. The van der Waals surface area contributed by atoms with Crippen LogP contribution in [-0.4, -0.2) is 56.0 Å². The zero-order valence-corrected chi connectivity index (χ0v) is 17.9. The first-order valence-corrected chi connectivity index (χ1v) is 10.0. The highest BCUT2D eigenvalue weighted by molar-refractivity contribution is 7.09. The number of rotatable bonds is 9. The third kappa shape index (κ3) is 6.07. The minimum Gasteiger partial charge on any atom is -0.459 e. The Balaban J connectivity index is 1.72. The van der Waals surface area contributed by atoms with E-state index in [2.05, 4.69) is 20.6 Å².